The number of nitrogens with two attached hydrogens (primary N) is 1. The molecule has 2 aromatic heterocycles. The minimum Gasteiger partial charge on any atom is -0.477 e. The van der Waals surface area contributed by atoms with Crippen molar-refractivity contribution in [1.82, 2.24) is 24.7 Å². The molecule has 2 rings (SSSR count). The van der Waals surface area contributed by atoms with E-state index in [-0.39, 0.29) is 11.9 Å². The van der Waals surface area contributed by atoms with Crippen LogP contribution in [0.25, 0.3) is 5.65 Å². The first-order valence-electron chi connectivity index (χ1n) is 6.56. The summed E-state index contributed by atoms with van der Waals surface area (Å²) in [5, 5.41) is 11.8. The molecule has 2 N–H and O–H groups in total. The van der Waals surface area contributed by atoms with Crippen LogP contribution in [0, 0.1) is 0 Å². The molecule has 0 fully saturated rings. The van der Waals surface area contributed by atoms with Gasteiger partial charge in [0, 0.05) is 19.2 Å². The fraction of sp³-hybridized carbons (Fsp3) is 0.500. The molecule has 1 amide bonds. The Morgan fingerprint density at radius 1 is 1.35 bits per heavy atom. The zero-order valence-corrected chi connectivity index (χ0v) is 11.8. The van der Waals surface area contributed by atoms with Crippen molar-refractivity contribution in [2.24, 2.45) is 0 Å². The maximum atomic E-state index is 12.5. The van der Waals surface area contributed by atoms with Crippen LogP contribution in [0.4, 0.5) is 5.95 Å². The van der Waals surface area contributed by atoms with Gasteiger partial charge in [-0.25, -0.2) is 0 Å². The lowest BCUT2D eigenvalue weighted by Gasteiger charge is -2.18. The van der Waals surface area contributed by atoms with Crippen molar-refractivity contribution in [2.75, 3.05) is 25.4 Å². The third-order valence-corrected chi connectivity index (χ3v) is 2.95. The molecule has 0 saturated heterocycles. The van der Waals surface area contributed by atoms with Crippen LogP contribution in [0.5, 0.6) is 5.88 Å². The number of anilines is 1. The van der Waals surface area contributed by atoms with Gasteiger partial charge in [0.25, 0.3) is 5.91 Å². The van der Waals surface area contributed by atoms with E-state index in [0.717, 1.165) is 0 Å². The van der Waals surface area contributed by atoms with Crippen LogP contribution in [-0.2, 0) is 0 Å². The van der Waals surface area contributed by atoms with Crippen molar-refractivity contribution in [2.45, 2.75) is 20.8 Å². The highest BCUT2D eigenvalue weighted by atomic mass is 16.5. The quantitative estimate of drug-likeness (QED) is 0.859. The summed E-state index contributed by atoms with van der Waals surface area (Å²) < 4.78 is 6.68. The second-order valence-corrected chi connectivity index (χ2v) is 4.10. The molecule has 0 saturated carbocycles. The summed E-state index contributed by atoms with van der Waals surface area (Å²) in [5.41, 5.74) is 6.42. The van der Waals surface area contributed by atoms with Crippen molar-refractivity contribution >= 4 is 17.5 Å². The Hall–Kier alpha value is -2.38. The number of carbonyl (C=O) groups is 1. The number of ether oxygens (including phenoxy) is 1. The highest BCUT2D eigenvalue weighted by molar-refractivity contribution is 6.00. The zero-order chi connectivity index (χ0) is 14.7. The molecule has 0 bridgehead atoms. The average Bonchev–Trinajstić information content (AvgIpc) is 2.81. The minimum atomic E-state index is -0.143. The first-order valence-corrected chi connectivity index (χ1v) is 6.56. The van der Waals surface area contributed by atoms with Crippen LogP contribution < -0.4 is 10.5 Å². The van der Waals surface area contributed by atoms with E-state index in [1.54, 1.807) is 11.0 Å². The monoisotopic (exact) mass is 278 g/mol. The summed E-state index contributed by atoms with van der Waals surface area (Å²) in [6, 6.07) is 1.58. The number of carbonyl (C=O) groups excluding carboxylic acids is 1. The standard InChI is InChI=1S/C12H18N6O2/c1-4-17(5-2)11(19)8-7-9(20-6-3)16-18-10(8)14-15-12(18)13/h7H,4-6H2,1-3H3,(H2,13,15). The van der Waals surface area contributed by atoms with Crippen LogP contribution in [0.3, 0.4) is 0 Å². The molecule has 8 nitrogen and oxygen atoms in total. The van der Waals surface area contributed by atoms with E-state index in [9.17, 15) is 4.79 Å². The molecule has 8 heteroatoms. The largest absolute Gasteiger partial charge is 0.477 e. The molecular formula is C12H18N6O2. The number of hydrogen-bond donors (Lipinski definition) is 1. The molecule has 108 valence electrons. The molecule has 20 heavy (non-hydrogen) atoms. The summed E-state index contributed by atoms with van der Waals surface area (Å²) >= 11 is 0. The predicted molar refractivity (Wildman–Crippen MR) is 73.6 cm³/mol. The van der Waals surface area contributed by atoms with Gasteiger partial charge in [0.05, 0.1) is 12.2 Å². The lowest BCUT2D eigenvalue weighted by Crippen LogP contribution is -2.31. The lowest BCUT2D eigenvalue weighted by atomic mass is 10.2. The molecular weight excluding hydrogens is 260 g/mol. The Morgan fingerprint density at radius 2 is 2.05 bits per heavy atom. The molecule has 0 atom stereocenters. The van der Waals surface area contributed by atoms with E-state index in [2.05, 4.69) is 15.3 Å². The van der Waals surface area contributed by atoms with Gasteiger partial charge in [0.2, 0.25) is 11.8 Å². The number of hydrogen-bond acceptors (Lipinski definition) is 6. The molecule has 0 spiro atoms. The predicted octanol–water partition coefficient (Wildman–Crippen LogP) is 0.587. The highest BCUT2D eigenvalue weighted by Gasteiger charge is 2.21. The summed E-state index contributed by atoms with van der Waals surface area (Å²) in [6.45, 7) is 7.34. The van der Waals surface area contributed by atoms with E-state index in [1.165, 1.54) is 4.52 Å². The number of nitrogens with zero attached hydrogens (tertiary/aromatic N) is 5. The van der Waals surface area contributed by atoms with E-state index in [0.29, 0.717) is 36.8 Å². The van der Waals surface area contributed by atoms with Gasteiger partial charge in [-0.3, -0.25) is 4.79 Å². The number of nitrogen functional groups attached to an aromatic ring is 1. The average molecular weight is 278 g/mol. The van der Waals surface area contributed by atoms with Crippen molar-refractivity contribution in [1.29, 1.82) is 0 Å². The van der Waals surface area contributed by atoms with Gasteiger partial charge in [-0.2, -0.15) is 4.52 Å². The van der Waals surface area contributed by atoms with Gasteiger partial charge in [-0.1, -0.05) is 0 Å². The first-order chi connectivity index (χ1) is 9.62. The van der Waals surface area contributed by atoms with E-state index in [4.69, 9.17) is 10.5 Å². The SMILES string of the molecule is CCOc1cc(C(=O)N(CC)CC)c2nnc(N)n2n1. The number of rotatable bonds is 5. The highest BCUT2D eigenvalue weighted by Crippen LogP contribution is 2.18. The van der Waals surface area contributed by atoms with Crippen LogP contribution in [0.1, 0.15) is 31.1 Å². The fourth-order valence-electron chi connectivity index (χ4n) is 1.93. The Morgan fingerprint density at radius 3 is 2.65 bits per heavy atom. The van der Waals surface area contributed by atoms with Gasteiger partial charge < -0.3 is 15.4 Å². The third-order valence-electron chi connectivity index (χ3n) is 2.95. The molecule has 0 aliphatic carbocycles. The lowest BCUT2D eigenvalue weighted by molar-refractivity contribution is 0.0773. The molecule has 2 heterocycles. The number of aromatic nitrogens is 4. The molecule has 0 aliphatic rings. The minimum absolute atomic E-state index is 0.121. The van der Waals surface area contributed by atoms with Crippen LogP contribution in [0.2, 0.25) is 0 Å². The Kier molecular flexibility index (Phi) is 4.02. The van der Waals surface area contributed by atoms with Crippen LogP contribution in [0.15, 0.2) is 6.07 Å². The Bertz CT molecular complexity index is 620. The van der Waals surface area contributed by atoms with Gasteiger partial charge >= 0.3 is 0 Å². The van der Waals surface area contributed by atoms with Gasteiger partial charge in [-0.05, 0) is 20.8 Å². The van der Waals surface area contributed by atoms with E-state index >= 15 is 0 Å². The summed E-state index contributed by atoms with van der Waals surface area (Å²) in [6.07, 6.45) is 0. The van der Waals surface area contributed by atoms with E-state index in [1.807, 2.05) is 20.8 Å². The second-order valence-electron chi connectivity index (χ2n) is 4.10. The zero-order valence-electron chi connectivity index (χ0n) is 11.8. The van der Waals surface area contributed by atoms with E-state index < -0.39 is 0 Å². The van der Waals surface area contributed by atoms with Gasteiger partial charge in [-0.15, -0.1) is 15.3 Å². The third kappa shape index (κ3) is 2.36. The normalized spacial score (nSPS) is 10.8. The summed E-state index contributed by atoms with van der Waals surface area (Å²) in [7, 11) is 0. The smallest absolute Gasteiger partial charge is 0.257 e. The van der Waals surface area contributed by atoms with Crippen molar-refractivity contribution in [3.63, 3.8) is 0 Å². The molecule has 2 aromatic rings. The second kappa shape index (κ2) is 5.72. The Labute approximate surface area is 116 Å². The van der Waals surface area contributed by atoms with Crippen molar-refractivity contribution < 1.29 is 9.53 Å². The molecule has 0 aromatic carbocycles. The van der Waals surface area contributed by atoms with Crippen LogP contribution >= 0.6 is 0 Å². The maximum absolute atomic E-state index is 12.5. The topological polar surface area (TPSA) is 98.6 Å². The van der Waals surface area contributed by atoms with Crippen molar-refractivity contribution in [3.8, 4) is 5.88 Å². The van der Waals surface area contributed by atoms with Gasteiger partial charge in [0.15, 0.2) is 5.65 Å². The first kappa shape index (κ1) is 14.0. The maximum Gasteiger partial charge on any atom is 0.257 e. The Balaban J connectivity index is 2.58. The molecule has 0 unspecified atom stereocenters. The van der Waals surface area contributed by atoms with Gasteiger partial charge in [0.1, 0.15) is 0 Å². The van der Waals surface area contributed by atoms with Crippen LogP contribution in [-0.4, -0.2) is 50.3 Å². The summed E-state index contributed by atoms with van der Waals surface area (Å²) in [4.78, 5) is 14.2. The fourth-order valence-corrected chi connectivity index (χ4v) is 1.93. The number of fused-ring (bicyclic) bond motifs is 1. The number of amides is 1. The van der Waals surface area contributed by atoms with Crippen molar-refractivity contribution in [3.05, 3.63) is 11.6 Å². The molecule has 0 radical (unpaired) electrons. The summed E-state index contributed by atoms with van der Waals surface area (Å²) in [5.74, 6) is 0.299. The molecule has 0 aliphatic heterocycles.